The Morgan fingerprint density at radius 2 is 1.70 bits per heavy atom. The van der Waals surface area contributed by atoms with Crippen LogP contribution in [-0.2, 0) is 11.2 Å². The summed E-state index contributed by atoms with van der Waals surface area (Å²) in [6, 6.07) is 20.5. The van der Waals surface area contributed by atoms with Gasteiger partial charge in [0, 0.05) is 0 Å². The lowest BCUT2D eigenvalue weighted by atomic mass is 10.0. The summed E-state index contributed by atoms with van der Waals surface area (Å²) >= 11 is 5.11. The van der Waals surface area contributed by atoms with E-state index in [0.29, 0.717) is 11.3 Å². The van der Waals surface area contributed by atoms with Gasteiger partial charge in [-0.15, -0.1) is 0 Å². The average Bonchev–Trinajstić information content (AvgIpc) is 2.76. The van der Waals surface area contributed by atoms with E-state index in [0.717, 1.165) is 16.3 Å². The van der Waals surface area contributed by atoms with Crippen molar-refractivity contribution in [1.82, 2.24) is 16.2 Å². The Bertz CT molecular complexity index is 1090. The third-order valence-electron chi connectivity index (χ3n) is 4.26. The third-order valence-corrected chi connectivity index (χ3v) is 4.47. The monoisotopic (exact) mass is 419 g/mol. The highest BCUT2D eigenvalue weighted by atomic mass is 32.1. The molecule has 0 radical (unpaired) electrons. The van der Waals surface area contributed by atoms with E-state index in [9.17, 15) is 9.59 Å². The van der Waals surface area contributed by atoms with Crippen molar-refractivity contribution >= 4 is 39.9 Å². The molecular formula is C23H21N3O3S. The van der Waals surface area contributed by atoms with Crippen LogP contribution < -0.4 is 20.9 Å². The van der Waals surface area contributed by atoms with Crippen molar-refractivity contribution in [1.29, 1.82) is 0 Å². The van der Waals surface area contributed by atoms with E-state index < -0.39 is 5.91 Å². The van der Waals surface area contributed by atoms with Crippen molar-refractivity contribution in [2.75, 3.05) is 6.61 Å². The maximum atomic E-state index is 12.4. The molecule has 30 heavy (non-hydrogen) atoms. The van der Waals surface area contributed by atoms with Crippen LogP contribution in [0.25, 0.3) is 10.8 Å². The standard InChI is InChI=1S/C23H21N3O3S/c1-2-14-29-20-13-6-5-12-19(20)22(28)25-26-23(30)24-21(27)15-17-10-7-9-16-8-3-4-11-18(16)17/h2-13H,1,14-15H2,(H,25,28)(H2,24,26,27,30). The number of rotatable bonds is 6. The summed E-state index contributed by atoms with van der Waals surface area (Å²) in [6.07, 6.45) is 1.75. The minimum Gasteiger partial charge on any atom is -0.489 e. The lowest BCUT2D eigenvalue weighted by molar-refractivity contribution is -0.119. The van der Waals surface area contributed by atoms with E-state index in [1.807, 2.05) is 42.5 Å². The molecule has 0 aromatic heterocycles. The summed E-state index contributed by atoms with van der Waals surface area (Å²) in [5, 5.41) is 4.64. The minimum absolute atomic E-state index is 0.00178. The highest BCUT2D eigenvalue weighted by Gasteiger charge is 2.13. The smallest absolute Gasteiger partial charge is 0.273 e. The lowest BCUT2D eigenvalue weighted by Crippen LogP contribution is -2.48. The number of ether oxygens (including phenoxy) is 1. The Kier molecular flexibility index (Phi) is 7.13. The number of thiocarbonyl (C=S) groups is 1. The van der Waals surface area contributed by atoms with Crippen molar-refractivity contribution in [3.63, 3.8) is 0 Å². The molecule has 2 amide bonds. The number of hydrazine groups is 1. The summed E-state index contributed by atoms with van der Waals surface area (Å²) in [4.78, 5) is 24.8. The predicted molar refractivity (Wildman–Crippen MR) is 121 cm³/mol. The Balaban J connectivity index is 1.55. The number of benzene rings is 3. The van der Waals surface area contributed by atoms with Gasteiger partial charge in [0.1, 0.15) is 12.4 Å². The summed E-state index contributed by atoms with van der Waals surface area (Å²) in [5.74, 6) is -0.309. The van der Waals surface area contributed by atoms with Gasteiger partial charge in [0.25, 0.3) is 5.91 Å². The third kappa shape index (κ3) is 5.42. The Morgan fingerprint density at radius 3 is 2.53 bits per heavy atom. The number of hydrogen-bond donors (Lipinski definition) is 3. The van der Waals surface area contributed by atoms with Crippen LogP contribution in [0.3, 0.4) is 0 Å². The second-order valence-corrected chi connectivity index (χ2v) is 6.78. The molecule has 3 aromatic rings. The van der Waals surface area contributed by atoms with Crippen molar-refractivity contribution < 1.29 is 14.3 Å². The van der Waals surface area contributed by atoms with Crippen molar-refractivity contribution in [2.45, 2.75) is 6.42 Å². The Labute approximate surface area is 179 Å². The van der Waals surface area contributed by atoms with Gasteiger partial charge in [-0.05, 0) is 40.7 Å². The fourth-order valence-electron chi connectivity index (χ4n) is 2.93. The summed E-state index contributed by atoms with van der Waals surface area (Å²) < 4.78 is 5.47. The largest absolute Gasteiger partial charge is 0.489 e. The maximum Gasteiger partial charge on any atom is 0.273 e. The van der Waals surface area contributed by atoms with Crippen LogP contribution in [-0.4, -0.2) is 23.5 Å². The molecule has 0 unspecified atom stereocenters. The fraction of sp³-hybridized carbons (Fsp3) is 0.0870. The Hall–Kier alpha value is -3.71. The first-order valence-corrected chi connectivity index (χ1v) is 9.69. The molecule has 0 spiro atoms. The van der Waals surface area contributed by atoms with Gasteiger partial charge >= 0.3 is 0 Å². The van der Waals surface area contributed by atoms with E-state index in [4.69, 9.17) is 17.0 Å². The molecule has 0 saturated heterocycles. The molecule has 0 aliphatic heterocycles. The molecule has 3 aromatic carbocycles. The molecule has 6 nitrogen and oxygen atoms in total. The van der Waals surface area contributed by atoms with Crippen molar-refractivity contribution in [2.24, 2.45) is 0 Å². The molecule has 3 rings (SSSR count). The highest BCUT2D eigenvalue weighted by molar-refractivity contribution is 7.80. The second-order valence-electron chi connectivity index (χ2n) is 6.37. The summed E-state index contributed by atoms with van der Waals surface area (Å²) in [5.41, 5.74) is 6.23. The maximum absolute atomic E-state index is 12.4. The van der Waals surface area contributed by atoms with Gasteiger partial charge in [0.2, 0.25) is 5.91 Å². The number of nitrogens with one attached hydrogen (secondary N) is 3. The molecule has 0 heterocycles. The number of amides is 2. The first-order chi connectivity index (χ1) is 14.6. The number of hydrogen-bond acceptors (Lipinski definition) is 4. The normalized spacial score (nSPS) is 10.1. The van der Waals surface area contributed by atoms with Crippen LogP contribution in [0, 0.1) is 0 Å². The molecule has 0 fully saturated rings. The van der Waals surface area contributed by atoms with Crippen LogP contribution in [0.2, 0.25) is 0 Å². The molecule has 0 saturated carbocycles. The van der Waals surface area contributed by atoms with Crippen molar-refractivity contribution in [3.05, 3.63) is 90.5 Å². The topological polar surface area (TPSA) is 79.5 Å². The van der Waals surface area contributed by atoms with Crippen LogP contribution in [0.1, 0.15) is 15.9 Å². The van der Waals surface area contributed by atoms with E-state index in [1.54, 1.807) is 30.3 Å². The molecule has 0 aliphatic carbocycles. The van der Waals surface area contributed by atoms with Gasteiger partial charge in [0.05, 0.1) is 12.0 Å². The van der Waals surface area contributed by atoms with E-state index in [1.165, 1.54) is 0 Å². The molecular weight excluding hydrogens is 398 g/mol. The molecule has 0 atom stereocenters. The predicted octanol–water partition coefficient (Wildman–Crippen LogP) is 3.28. The Morgan fingerprint density at radius 1 is 0.967 bits per heavy atom. The second kappa shape index (κ2) is 10.2. The van der Waals surface area contributed by atoms with Crippen LogP contribution in [0.5, 0.6) is 5.75 Å². The summed E-state index contributed by atoms with van der Waals surface area (Å²) in [6.45, 7) is 3.87. The lowest BCUT2D eigenvalue weighted by Gasteiger charge is -2.13. The zero-order chi connectivity index (χ0) is 21.3. The van der Waals surface area contributed by atoms with Gasteiger partial charge in [-0.3, -0.25) is 20.4 Å². The van der Waals surface area contributed by atoms with Gasteiger partial charge < -0.3 is 10.1 Å². The quantitative estimate of drug-likeness (QED) is 0.325. The number of carbonyl (C=O) groups excluding carboxylic acids is 2. The number of fused-ring (bicyclic) bond motifs is 1. The summed E-state index contributed by atoms with van der Waals surface area (Å²) in [7, 11) is 0. The van der Waals surface area contributed by atoms with Gasteiger partial charge in [-0.25, -0.2) is 0 Å². The van der Waals surface area contributed by atoms with E-state index in [-0.39, 0.29) is 24.0 Å². The first-order valence-electron chi connectivity index (χ1n) is 9.28. The minimum atomic E-state index is -0.444. The fourth-order valence-corrected chi connectivity index (χ4v) is 3.10. The zero-order valence-corrected chi connectivity index (χ0v) is 17.0. The highest BCUT2D eigenvalue weighted by Crippen LogP contribution is 2.19. The van der Waals surface area contributed by atoms with Crippen molar-refractivity contribution in [3.8, 4) is 5.75 Å². The van der Waals surface area contributed by atoms with Gasteiger partial charge in [-0.1, -0.05) is 67.3 Å². The molecule has 3 N–H and O–H groups in total. The molecule has 0 bridgehead atoms. The van der Waals surface area contributed by atoms with Gasteiger partial charge in [0.15, 0.2) is 5.11 Å². The molecule has 0 aliphatic rings. The SMILES string of the molecule is C=CCOc1ccccc1C(=O)NNC(=S)NC(=O)Cc1cccc2ccccc12. The zero-order valence-electron chi connectivity index (χ0n) is 16.2. The van der Waals surface area contributed by atoms with E-state index >= 15 is 0 Å². The molecule has 152 valence electrons. The van der Waals surface area contributed by atoms with Crippen LogP contribution >= 0.6 is 12.2 Å². The van der Waals surface area contributed by atoms with Crippen LogP contribution in [0.4, 0.5) is 0 Å². The number of para-hydroxylation sites is 1. The van der Waals surface area contributed by atoms with Gasteiger partial charge in [-0.2, -0.15) is 0 Å². The molecule has 7 heteroatoms. The van der Waals surface area contributed by atoms with E-state index in [2.05, 4.69) is 22.7 Å². The average molecular weight is 420 g/mol. The first kappa shape index (κ1) is 21.0. The van der Waals surface area contributed by atoms with Crippen LogP contribution in [0.15, 0.2) is 79.4 Å². The number of carbonyl (C=O) groups is 2.